The summed E-state index contributed by atoms with van der Waals surface area (Å²) in [4.78, 5) is 17.1. The molecule has 0 aliphatic heterocycles. The monoisotopic (exact) mass is 367 g/mol. The van der Waals surface area contributed by atoms with Crippen LogP contribution in [0.15, 0.2) is 60.9 Å². The highest BCUT2D eigenvalue weighted by Gasteiger charge is 2.24. The van der Waals surface area contributed by atoms with Crippen LogP contribution in [0.5, 0.6) is 5.75 Å². The fourth-order valence-corrected chi connectivity index (χ4v) is 2.81. The van der Waals surface area contributed by atoms with Crippen LogP contribution in [-0.4, -0.2) is 21.6 Å². The number of imidazole rings is 1. The van der Waals surface area contributed by atoms with Crippen LogP contribution < -0.4 is 10.1 Å². The highest BCUT2D eigenvalue weighted by atomic mass is 19.1. The molecule has 27 heavy (non-hydrogen) atoms. The van der Waals surface area contributed by atoms with Crippen molar-refractivity contribution in [2.45, 2.75) is 26.0 Å². The summed E-state index contributed by atoms with van der Waals surface area (Å²) in [6, 6.07) is 13.0. The van der Waals surface area contributed by atoms with Gasteiger partial charge in [0.25, 0.3) is 5.91 Å². The van der Waals surface area contributed by atoms with E-state index >= 15 is 0 Å². The normalized spacial score (nSPS) is 13.0. The second-order valence-electron chi connectivity index (χ2n) is 6.47. The van der Waals surface area contributed by atoms with Gasteiger partial charge in [-0.15, -0.1) is 0 Å². The molecule has 6 heteroatoms. The molecular weight excluding hydrogens is 345 g/mol. The summed E-state index contributed by atoms with van der Waals surface area (Å²) in [7, 11) is 1.84. The third-order valence-electron chi connectivity index (χ3n) is 4.28. The molecule has 2 aromatic carbocycles. The van der Waals surface area contributed by atoms with E-state index in [1.54, 1.807) is 31.5 Å². The minimum Gasteiger partial charge on any atom is -0.481 e. The van der Waals surface area contributed by atoms with Crippen LogP contribution in [0.25, 0.3) is 0 Å². The first-order valence-corrected chi connectivity index (χ1v) is 8.70. The quantitative estimate of drug-likeness (QED) is 0.725. The third-order valence-corrected chi connectivity index (χ3v) is 4.28. The van der Waals surface area contributed by atoms with E-state index in [0.717, 1.165) is 11.1 Å². The molecule has 1 amide bonds. The summed E-state index contributed by atoms with van der Waals surface area (Å²) in [5.74, 6) is 0.666. The van der Waals surface area contributed by atoms with Crippen molar-refractivity contribution in [3.63, 3.8) is 0 Å². The summed E-state index contributed by atoms with van der Waals surface area (Å²) < 4.78 is 20.9. The van der Waals surface area contributed by atoms with Crippen LogP contribution in [-0.2, 0) is 11.8 Å². The summed E-state index contributed by atoms with van der Waals surface area (Å²) in [5.41, 5.74) is 1.79. The molecule has 2 unspecified atom stereocenters. The van der Waals surface area contributed by atoms with Crippen LogP contribution in [0, 0.1) is 12.7 Å². The van der Waals surface area contributed by atoms with Crippen LogP contribution in [0.4, 0.5) is 4.39 Å². The molecule has 0 saturated carbocycles. The molecule has 1 aromatic heterocycles. The predicted octanol–water partition coefficient (Wildman–Crippen LogP) is 3.54. The average Bonchev–Trinajstić information content (AvgIpc) is 3.06. The molecule has 0 spiro atoms. The number of halogens is 1. The van der Waals surface area contributed by atoms with E-state index in [1.165, 1.54) is 12.1 Å². The molecule has 3 aromatic rings. The third kappa shape index (κ3) is 4.53. The Kier molecular flexibility index (Phi) is 5.54. The van der Waals surface area contributed by atoms with Gasteiger partial charge in [-0.3, -0.25) is 4.79 Å². The molecule has 0 fully saturated rings. The van der Waals surface area contributed by atoms with Crippen LogP contribution in [0.1, 0.15) is 29.9 Å². The Balaban J connectivity index is 1.80. The molecule has 0 aliphatic carbocycles. The van der Waals surface area contributed by atoms with Crippen molar-refractivity contribution in [1.29, 1.82) is 0 Å². The van der Waals surface area contributed by atoms with Crippen LogP contribution >= 0.6 is 0 Å². The first-order valence-electron chi connectivity index (χ1n) is 8.70. The zero-order valence-corrected chi connectivity index (χ0v) is 15.5. The van der Waals surface area contributed by atoms with Gasteiger partial charge < -0.3 is 14.6 Å². The highest BCUT2D eigenvalue weighted by Crippen LogP contribution is 2.21. The molecule has 0 bridgehead atoms. The minimum atomic E-state index is -0.699. The zero-order chi connectivity index (χ0) is 19.4. The zero-order valence-electron chi connectivity index (χ0n) is 15.5. The standard InChI is InChI=1S/C21H22FN3O2/c1-14-5-4-6-18(13-14)27-15(2)21(26)24-19(20-23-11-12-25(20)3)16-7-9-17(22)10-8-16/h4-13,15,19H,1-3H3,(H,24,26). The Morgan fingerprint density at radius 1 is 1.22 bits per heavy atom. The van der Waals surface area contributed by atoms with E-state index < -0.39 is 12.1 Å². The van der Waals surface area contributed by atoms with Crippen molar-refractivity contribution in [3.8, 4) is 5.75 Å². The van der Waals surface area contributed by atoms with E-state index in [1.807, 2.05) is 42.8 Å². The Bertz CT molecular complexity index is 921. The van der Waals surface area contributed by atoms with Gasteiger partial charge in [0.2, 0.25) is 0 Å². The SMILES string of the molecule is Cc1cccc(OC(C)C(=O)NC(c2ccc(F)cc2)c2nccn2C)c1. The van der Waals surface area contributed by atoms with Gasteiger partial charge in [-0.05, 0) is 49.2 Å². The number of aryl methyl sites for hydroxylation is 2. The van der Waals surface area contributed by atoms with Crippen LogP contribution in [0.3, 0.4) is 0 Å². The number of hydrogen-bond acceptors (Lipinski definition) is 3. The maximum atomic E-state index is 13.3. The van der Waals surface area contributed by atoms with Crippen LogP contribution in [0.2, 0.25) is 0 Å². The Labute approximate surface area is 157 Å². The van der Waals surface area contributed by atoms with Gasteiger partial charge in [0, 0.05) is 19.4 Å². The van der Waals surface area contributed by atoms with E-state index in [9.17, 15) is 9.18 Å². The summed E-state index contributed by atoms with van der Waals surface area (Å²) in [6.45, 7) is 3.65. The summed E-state index contributed by atoms with van der Waals surface area (Å²) in [6.07, 6.45) is 2.75. The number of hydrogen-bond donors (Lipinski definition) is 1. The molecule has 140 valence electrons. The minimum absolute atomic E-state index is 0.283. The van der Waals surface area contributed by atoms with E-state index in [-0.39, 0.29) is 11.7 Å². The van der Waals surface area contributed by atoms with Crippen molar-refractivity contribution < 1.29 is 13.9 Å². The number of benzene rings is 2. The van der Waals surface area contributed by atoms with Gasteiger partial charge in [0.05, 0.1) is 0 Å². The Morgan fingerprint density at radius 2 is 1.96 bits per heavy atom. The highest BCUT2D eigenvalue weighted by molar-refractivity contribution is 5.81. The van der Waals surface area contributed by atoms with E-state index in [2.05, 4.69) is 10.3 Å². The van der Waals surface area contributed by atoms with Gasteiger partial charge in [-0.1, -0.05) is 24.3 Å². The van der Waals surface area contributed by atoms with Gasteiger partial charge in [0.15, 0.2) is 6.10 Å². The van der Waals surface area contributed by atoms with E-state index in [0.29, 0.717) is 11.6 Å². The number of rotatable bonds is 6. The molecule has 0 radical (unpaired) electrons. The lowest BCUT2D eigenvalue weighted by atomic mass is 10.1. The van der Waals surface area contributed by atoms with Crippen molar-refractivity contribution in [2.24, 2.45) is 7.05 Å². The number of ether oxygens (including phenoxy) is 1. The summed E-state index contributed by atoms with van der Waals surface area (Å²) in [5, 5.41) is 2.96. The Morgan fingerprint density at radius 3 is 2.59 bits per heavy atom. The first-order chi connectivity index (χ1) is 12.9. The lowest BCUT2D eigenvalue weighted by Crippen LogP contribution is -2.39. The fourth-order valence-electron chi connectivity index (χ4n) is 2.81. The van der Waals surface area contributed by atoms with Crippen molar-refractivity contribution in [3.05, 3.63) is 83.7 Å². The van der Waals surface area contributed by atoms with Crippen molar-refractivity contribution in [1.82, 2.24) is 14.9 Å². The fraction of sp³-hybridized carbons (Fsp3) is 0.238. The predicted molar refractivity (Wildman–Crippen MR) is 101 cm³/mol. The Hall–Kier alpha value is -3.15. The topological polar surface area (TPSA) is 56.1 Å². The molecule has 5 nitrogen and oxygen atoms in total. The summed E-state index contributed by atoms with van der Waals surface area (Å²) >= 11 is 0. The first kappa shape index (κ1) is 18.6. The molecule has 2 atom stereocenters. The lowest BCUT2D eigenvalue weighted by Gasteiger charge is -2.22. The number of nitrogens with zero attached hydrogens (tertiary/aromatic N) is 2. The molecule has 0 aliphatic rings. The number of aromatic nitrogens is 2. The van der Waals surface area contributed by atoms with Gasteiger partial charge in [-0.2, -0.15) is 0 Å². The number of carbonyl (C=O) groups excluding carboxylic acids is 1. The number of amides is 1. The maximum Gasteiger partial charge on any atom is 0.261 e. The number of carbonyl (C=O) groups is 1. The molecular formula is C21H22FN3O2. The molecule has 3 rings (SSSR count). The maximum absolute atomic E-state index is 13.3. The molecule has 1 heterocycles. The van der Waals surface area contributed by atoms with Gasteiger partial charge >= 0.3 is 0 Å². The largest absolute Gasteiger partial charge is 0.481 e. The molecule has 0 saturated heterocycles. The van der Waals surface area contributed by atoms with E-state index in [4.69, 9.17) is 4.74 Å². The van der Waals surface area contributed by atoms with Crippen molar-refractivity contribution >= 4 is 5.91 Å². The second kappa shape index (κ2) is 8.03. The molecule has 1 N–H and O–H groups in total. The van der Waals surface area contributed by atoms with Crippen molar-refractivity contribution in [2.75, 3.05) is 0 Å². The average molecular weight is 367 g/mol. The van der Waals surface area contributed by atoms with Gasteiger partial charge in [-0.25, -0.2) is 9.37 Å². The number of nitrogens with one attached hydrogen (secondary N) is 1. The smallest absolute Gasteiger partial charge is 0.261 e. The lowest BCUT2D eigenvalue weighted by molar-refractivity contribution is -0.127. The second-order valence-corrected chi connectivity index (χ2v) is 6.47. The van der Waals surface area contributed by atoms with Gasteiger partial charge in [0.1, 0.15) is 23.4 Å².